The molecule has 0 bridgehead atoms. The predicted octanol–water partition coefficient (Wildman–Crippen LogP) is 0.960. The zero-order valence-electron chi connectivity index (χ0n) is 9.31. The highest BCUT2D eigenvalue weighted by atomic mass is 16.5. The van der Waals surface area contributed by atoms with E-state index in [1.807, 2.05) is 0 Å². The molecule has 1 aliphatic rings. The summed E-state index contributed by atoms with van der Waals surface area (Å²) >= 11 is 0. The molecule has 0 amide bonds. The molecule has 1 unspecified atom stereocenters. The largest absolute Gasteiger partial charge is 0.465 e. The third-order valence-electron chi connectivity index (χ3n) is 0.997. The Bertz CT molecular complexity index is 226. The number of ether oxygens (including phenoxy) is 1. The van der Waals surface area contributed by atoms with E-state index in [0.29, 0.717) is 0 Å². The van der Waals surface area contributed by atoms with Gasteiger partial charge in [-0.2, -0.15) is 0 Å². The number of esters is 1. The Kier molecular flexibility index (Phi) is 0.543. The fourth-order valence-electron chi connectivity index (χ4n) is 0.538. The van der Waals surface area contributed by atoms with Crippen molar-refractivity contribution in [2.45, 2.75) is 19.7 Å². The molecule has 0 aliphatic carbocycles. The highest BCUT2D eigenvalue weighted by Crippen LogP contribution is 2.16. The van der Waals surface area contributed by atoms with Crippen LogP contribution in [-0.2, 0) is 9.53 Å². The van der Waals surface area contributed by atoms with Gasteiger partial charge in [-0.1, -0.05) is 6.85 Å². The van der Waals surface area contributed by atoms with Crippen molar-refractivity contribution in [2.24, 2.45) is 5.89 Å². The molecular formula is C6H10O2. The van der Waals surface area contributed by atoms with Crippen molar-refractivity contribution in [3.63, 3.8) is 0 Å². The van der Waals surface area contributed by atoms with Crippen molar-refractivity contribution in [3.8, 4) is 0 Å². The van der Waals surface area contributed by atoms with E-state index < -0.39 is 31.5 Å². The molecule has 1 aliphatic heterocycles. The van der Waals surface area contributed by atoms with Gasteiger partial charge in [0, 0.05) is 6.85 Å². The van der Waals surface area contributed by atoms with E-state index in [9.17, 15) is 4.79 Å². The number of hydrogen-bond acceptors (Lipinski definition) is 2. The van der Waals surface area contributed by atoms with Gasteiger partial charge in [0.05, 0.1) is 12.5 Å². The lowest BCUT2D eigenvalue weighted by atomic mass is 10.1. The summed E-state index contributed by atoms with van der Waals surface area (Å²) in [4.78, 5) is 11.0. The third kappa shape index (κ3) is 0.831. The first-order chi connectivity index (χ1) is 5.76. The van der Waals surface area contributed by atoms with Gasteiger partial charge in [0.25, 0.3) is 0 Å². The number of carbonyl (C=O) groups excluding carboxylic acids is 1. The summed E-state index contributed by atoms with van der Waals surface area (Å²) in [5, 5.41) is 0. The van der Waals surface area contributed by atoms with Crippen molar-refractivity contribution in [1.82, 2.24) is 0 Å². The Hall–Kier alpha value is -0.530. The fourth-order valence-corrected chi connectivity index (χ4v) is 0.538. The summed E-state index contributed by atoms with van der Waals surface area (Å²) in [6.07, 6.45) is -1.71. The third-order valence-corrected chi connectivity index (χ3v) is 0.997. The van der Waals surface area contributed by atoms with Crippen LogP contribution in [0.4, 0.5) is 0 Å². The first-order valence-electron chi connectivity index (χ1n) is 4.93. The summed E-state index contributed by atoms with van der Waals surface area (Å²) in [7, 11) is 0. The maximum absolute atomic E-state index is 11.0. The Morgan fingerprint density at radius 1 is 2.38 bits per heavy atom. The lowest BCUT2D eigenvalue weighted by Gasteiger charge is -1.95. The van der Waals surface area contributed by atoms with Gasteiger partial charge in [0.2, 0.25) is 0 Å². The quantitative estimate of drug-likeness (QED) is 0.480. The number of cyclic esters (lactones) is 1. The van der Waals surface area contributed by atoms with Crippen LogP contribution in [-0.4, -0.2) is 12.6 Å². The number of rotatable bonds is 1. The molecule has 0 aromatic carbocycles. The molecule has 1 fully saturated rings. The van der Waals surface area contributed by atoms with Gasteiger partial charge >= 0.3 is 5.97 Å². The van der Waals surface area contributed by atoms with E-state index in [1.54, 1.807) is 0 Å². The molecule has 8 heavy (non-hydrogen) atoms. The molecule has 1 rings (SSSR count). The lowest BCUT2D eigenvalue weighted by Crippen LogP contribution is -2.04. The van der Waals surface area contributed by atoms with Crippen molar-refractivity contribution in [1.29, 1.82) is 0 Å². The zero-order chi connectivity index (χ0) is 10.3. The zero-order valence-corrected chi connectivity index (χ0v) is 4.31. The van der Waals surface area contributed by atoms with Crippen LogP contribution in [0.2, 0.25) is 0 Å². The van der Waals surface area contributed by atoms with Gasteiger partial charge in [0.1, 0.15) is 0 Å². The molecule has 2 heteroatoms. The molecule has 1 saturated heterocycles. The minimum Gasteiger partial charge on any atom is -0.465 e. The number of hydrogen-bond donors (Lipinski definition) is 0. The van der Waals surface area contributed by atoms with Crippen molar-refractivity contribution >= 4 is 5.97 Å². The van der Waals surface area contributed by atoms with Gasteiger partial charge in [-0.05, 0) is 12.8 Å². The van der Waals surface area contributed by atoms with Gasteiger partial charge in [-0.15, -0.1) is 0 Å². The molecule has 46 valence electrons. The molecule has 0 spiro atoms. The highest BCUT2D eigenvalue weighted by molar-refractivity contribution is 5.73. The van der Waals surface area contributed by atoms with Crippen LogP contribution in [0, 0.1) is 5.89 Å². The van der Waals surface area contributed by atoms with Gasteiger partial charge < -0.3 is 4.74 Å². The lowest BCUT2D eigenvalue weighted by molar-refractivity contribution is -0.141. The monoisotopic (exact) mass is 119 g/mol. The molecule has 2 nitrogen and oxygen atoms in total. The van der Waals surface area contributed by atoms with E-state index in [0.717, 1.165) is 0 Å². The minimum atomic E-state index is -2.37. The van der Waals surface area contributed by atoms with Crippen molar-refractivity contribution in [3.05, 3.63) is 0 Å². The fraction of sp³-hybridized carbons (Fsp3) is 0.833. The maximum atomic E-state index is 11.0. The van der Waals surface area contributed by atoms with E-state index in [-0.39, 0.29) is 6.61 Å². The summed E-state index contributed by atoms with van der Waals surface area (Å²) in [5.41, 5.74) is 0. The van der Waals surface area contributed by atoms with E-state index in [2.05, 4.69) is 4.74 Å². The normalized spacial score (nSPS) is 57.2. The second-order valence-corrected chi connectivity index (χ2v) is 1.50. The second-order valence-electron chi connectivity index (χ2n) is 1.50. The minimum absolute atomic E-state index is 0.182. The maximum Gasteiger partial charge on any atom is 0.309 e. The van der Waals surface area contributed by atoms with Gasteiger partial charge in [-0.25, -0.2) is 0 Å². The smallest absolute Gasteiger partial charge is 0.309 e. The van der Waals surface area contributed by atoms with Crippen LogP contribution in [0.3, 0.4) is 0 Å². The molecule has 2 atom stereocenters. The van der Waals surface area contributed by atoms with Crippen molar-refractivity contribution < 1.29 is 16.4 Å². The van der Waals surface area contributed by atoms with E-state index >= 15 is 0 Å². The van der Waals surface area contributed by atoms with Crippen LogP contribution >= 0.6 is 0 Å². The SMILES string of the molecule is [2H]C1COC(=O)[C@@]1([2H])CC([2H])([2H])[2H]. The Labute approximate surface area is 55.9 Å². The molecule has 0 N–H and O–H groups in total. The average Bonchev–Trinajstić information content (AvgIpc) is 2.14. The first-order valence-corrected chi connectivity index (χ1v) is 2.35. The predicted molar refractivity (Wildman–Crippen MR) is 29.4 cm³/mol. The van der Waals surface area contributed by atoms with Crippen molar-refractivity contribution in [2.75, 3.05) is 6.61 Å². The van der Waals surface area contributed by atoms with Gasteiger partial charge in [-0.3, -0.25) is 4.79 Å². The summed E-state index contributed by atoms with van der Waals surface area (Å²) in [6.45, 7) is -2.55. The average molecular weight is 119 g/mol. The number of carbonyl (C=O) groups is 1. The van der Waals surface area contributed by atoms with Crippen LogP contribution < -0.4 is 0 Å². The molecule has 0 aromatic rings. The molecule has 0 saturated carbocycles. The second kappa shape index (κ2) is 2.16. The van der Waals surface area contributed by atoms with Crippen LogP contribution in [0.25, 0.3) is 0 Å². The highest BCUT2D eigenvalue weighted by Gasteiger charge is 2.23. The summed E-state index contributed by atoms with van der Waals surface area (Å²) < 4.78 is 40.1. The molecule has 0 radical (unpaired) electrons. The van der Waals surface area contributed by atoms with E-state index in [1.165, 1.54) is 0 Å². The summed E-state index contributed by atoms with van der Waals surface area (Å²) in [6, 6.07) is 0. The standard InChI is InChI=1S/C6H10O2/c1-2-5-3-4-8-6(5)7/h5H,2-4H2,1H3/t5-/m0/s1/i1D3,3D,5D/t3?,5-. The summed E-state index contributed by atoms with van der Waals surface area (Å²) in [5.74, 6) is -2.81. The Morgan fingerprint density at radius 2 is 3.25 bits per heavy atom. The Morgan fingerprint density at radius 3 is 3.75 bits per heavy atom. The van der Waals surface area contributed by atoms with E-state index in [4.69, 9.17) is 6.85 Å². The molecule has 1 heterocycles. The van der Waals surface area contributed by atoms with Crippen LogP contribution in [0.5, 0.6) is 0 Å². The topological polar surface area (TPSA) is 26.3 Å². The first kappa shape index (κ1) is 2.01. The molecule has 0 aromatic heterocycles. The van der Waals surface area contributed by atoms with Gasteiger partial charge in [0.15, 0.2) is 0 Å². The van der Waals surface area contributed by atoms with Crippen LogP contribution in [0.15, 0.2) is 0 Å². The van der Waals surface area contributed by atoms with Crippen LogP contribution in [0.1, 0.15) is 26.5 Å². The Balaban J connectivity index is 2.80. The molecular weight excluding hydrogens is 104 g/mol.